The molecule has 1 heterocycles. The van der Waals surface area contributed by atoms with Crippen molar-refractivity contribution < 1.29 is 0 Å². The van der Waals surface area contributed by atoms with Gasteiger partial charge in [0.25, 0.3) is 0 Å². The second-order valence-electron chi connectivity index (χ2n) is 0.904. The van der Waals surface area contributed by atoms with Crippen molar-refractivity contribution in [2.75, 3.05) is 0 Å². The summed E-state index contributed by atoms with van der Waals surface area (Å²) in [6.07, 6.45) is 4.88. The average molecular weight is 103 g/mol. The van der Waals surface area contributed by atoms with Crippen molar-refractivity contribution in [2.45, 2.75) is 0 Å². The Labute approximate surface area is 64.3 Å². The van der Waals surface area contributed by atoms with Crippen LogP contribution in [0.3, 0.4) is 0 Å². The Balaban J connectivity index is 0.000000360. The van der Waals surface area contributed by atoms with Gasteiger partial charge < -0.3 is 0 Å². The van der Waals surface area contributed by atoms with Gasteiger partial charge in [-0.25, -0.2) is 9.97 Å². The molecule has 0 fully saturated rings. The molecular formula is C4H4N2Na. The van der Waals surface area contributed by atoms with E-state index in [1.54, 1.807) is 18.5 Å². The maximum absolute atomic E-state index is 3.67. The van der Waals surface area contributed by atoms with Gasteiger partial charge in [-0.3, -0.25) is 0 Å². The van der Waals surface area contributed by atoms with Gasteiger partial charge in [0.1, 0.15) is 6.33 Å². The van der Waals surface area contributed by atoms with Gasteiger partial charge in [0.15, 0.2) is 0 Å². The molecule has 0 aliphatic carbocycles. The zero-order chi connectivity index (χ0) is 4.24. The van der Waals surface area contributed by atoms with Gasteiger partial charge in [-0.1, -0.05) is 0 Å². The molecule has 1 radical (unpaired) electrons. The van der Waals surface area contributed by atoms with Crippen LogP contribution in [0.15, 0.2) is 24.8 Å². The van der Waals surface area contributed by atoms with E-state index in [2.05, 4.69) is 9.97 Å². The topological polar surface area (TPSA) is 25.8 Å². The van der Waals surface area contributed by atoms with Crippen LogP contribution in [0, 0.1) is 0 Å². The molecule has 2 nitrogen and oxygen atoms in total. The summed E-state index contributed by atoms with van der Waals surface area (Å²) in [6, 6.07) is 1.78. The van der Waals surface area contributed by atoms with Crippen molar-refractivity contribution in [3.63, 3.8) is 0 Å². The van der Waals surface area contributed by atoms with Crippen molar-refractivity contribution in [2.24, 2.45) is 0 Å². The van der Waals surface area contributed by atoms with E-state index in [9.17, 15) is 0 Å². The summed E-state index contributed by atoms with van der Waals surface area (Å²) in [7, 11) is 0. The minimum atomic E-state index is 0. The van der Waals surface area contributed by atoms with Crippen LogP contribution in [0.25, 0.3) is 0 Å². The second-order valence-corrected chi connectivity index (χ2v) is 0.904. The summed E-state index contributed by atoms with van der Waals surface area (Å²) in [5.74, 6) is 0. The smallest absolute Gasteiger partial charge is 0.115 e. The Bertz CT molecular complexity index is 81.6. The molecule has 0 saturated heterocycles. The zero-order valence-corrected chi connectivity index (χ0v) is 6.20. The fourth-order valence-corrected chi connectivity index (χ4v) is 0.253. The second kappa shape index (κ2) is 4.24. The number of rotatable bonds is 0. The van der Waals surface area contributed by atoms with E-state index < -0.39 is 0 Å². The molecule has 0 aliphatic rings. The molecule has 0 bridgehead atoms. The fraction of sp³-hybridized carbons (Fsp3) is 0. The minimum Gasteiger partial charge on any atom is -0.245 e. The van der Waals surface area contributed by atoms with Gasteiger partial charge in [0, 0.05) is 42.0 Å². The van der Waals surface area contributed by atoms with Crippen LogP contribution in [0.4, 0.5) is 0 Å². The van der Waals surface area contributed by atoms with Crippen LogP contribution < -0.4 is 0 Å². The van der Waals surface area contributed by atoms with Gasteiger partial charge in [-0.05, 0) is 6.07 Å². The van der Waals surface area contributed by atoms with Gasteiger partial charge in [-0.15, -0.1) is 0 Å². The van der Waals surface area contributed by atoms with Crippen LogP contribution in [0.5, 0.6) is 0 Å². The van der Waals surface area contributed by atoms with Gasteiger partial charge in [0.05, 0.1) is 0 Å². The molecule has 0 aliphatic heterocycles. The Kier molecular flexibility index (Phi) is 4.29. The van der Waals surface area contributed by atoms with E-state index >= 15 is 0 Å². The molecule has 0 spiro atoms. The molecule has 0 unspecified atom stereocenters. The van der Waals surface area contributed by atoms with E-state index in [1.165, 1.54) is 6.33 Å². The number of hydrogen-bond donors (Lipinski definition) is 0. The molecule has 0 aromatic carbocycles. The summed E-state index contributed by atoms with van der Waals surface area (Å²) in [4.78, 5) is 7.35. The van der Waals surface area contributed by atoms with Crippen LogP contribution >= 0.6 is 0 Å². The van der Waals surface area contributed by atoms with Crippen molar-refractivity contribution in [3.05, 3.63) is 24.8 Å². The van der Waals surface area contributed by atoms with E-state index in [0.29, 0.717) is 0 Å². The summed E-state index contributed by atoms with van der Waals surface area (Å²) < 4.78 is 0. The predicted octanol–water partition coefficient (Wildman–Crippen LogP) is 0.0958. The monoisotopic (exact) mass is 103 g/mol. The molecule has 1 aromatic heterocycles. The normalized spacial score (nSPS) is 6.86. The quantitative estimate of drug-likeness (QED) is 0.435. The third-order valence-corrected chi connectivity index (χ3v) is 0.478. The number of aromatic nitrogens is 2. The fourth-order valence-electron chi connectivity index (χ4n) is 0.253. The van der Waals surface area contributed by atoms with Crippen molar-refractivity contribution in [3.8, 4) is 0 Å². The molecule has 31 valence electrons. The number of hydrogen-bond acceptors (Lipinski definition) is 2. The first-order chi connectivity index (χ1) is 3.00. The van der Waals surface area contributed by atoms with E-state index in [-0.39, 0.29) is 29.6 Å². The first-order valence-corrected chi connectivity index (χ1v) is 1.70. The van der Waals surface area contributed by atoms with Crippen LogP contribution in [-0.2, 0) is 0 Å². The van der Waals surface area contributed by atoms with Gasteiger partial charge in [-0.2, -0.15) is 0 Å². The summed E-state index contributed by atoms with van der Waals surface area (Å²) >= 11 is 0. The van der Waals surface area contributed by atoms with Crippen molar-refractivity contribution in [1.29, 1.82) is 0 Å². The Morgan fingerprint density at radius 1 is 1.00 bits per heavy atom. The standard InChI is InChI=1S/C4H4N2.Na/c1-2-5-4-6-3-1;/h1-4H;. The van der Waals surface area contributed by atoms with E-state index in [4.69, 9.17) is 0 Å². The molecular weight excluding hydrogens is 99.0 g/mol. The molecule has 0 amide bonds. The third-order valence-electron chi connectivity index (χ3n) is 0.478. The average Bonchev–Trinajstić information content (AvgIpc) is 1.72. The van der Waals surface area contributed by atoms with Gasteiger partial charge in [0.2, 0.25) is 0 Å². The summed E-state index contributed by atoms with van der Waals surface area (Å²) in [5, 5.41) is 0. The maximum Gasteiger partial charge on any atom is 0.115 e. The first kappa shape index (κ1) is 7.08. The van der Waals surface area contributed by atoms with Crippen LogP contribution in [-0.4, -0.2) is 39.5 Å². The number of nitrogens with zero attached hydrogens (tertiary/aromatic N) is 2. The van der Waals surface area contributed by atoms with Crippen molar-refractivity contribution >= 4 is 29.6 Å². The first-order valence-electron chi connectivity index (χ1n) is 1.70. The zero-order valence-electron chi connectivity index (χ0n) is 4.20. The SMILES string of the molecule is [Na].c1cncnc1. The van der Waals surface area contributed by atoms with Crippen LogP contribution in [0.2, 0.25) is 0 Å². The molecule has 3 heteroatoms. The van der Waals surface area contributed by atoms with Crippen LogP contribution in [0.1, 0.15) is 0 Å². The third kappa shape index (κ3) is 2.74. The Hall–Kier alpha value is 0.0800. The summed E-state index contributed by atoms with van der Waals surface area (Å²) in [5.41, 5.74) is 0. The molecule has 1 aromatic rings. The van der Waals surface area contributed by atoms with E-state index in [0.717, 1.165) is 0 Å². The molecule has 0 saturated carbocycles. The summed E-state index contributed by atoms with van der Waals surface area (Å²) in [6.45, 7) is 0. The van der Waals surface area contributed by atoms with Gasteiger partial charge >= 0.3 is 0 Å². The largest absolute Gasteiger partial charge is 0.245 e. The molecule has 1 rings (SSSR count). The Morgan fingerprint density at radius 2 is 1.57 bits per heavy atom. The molecule has 7 heavy (non-hydrogen) atoms. The molecule has 0 N–H and O–H groups in total. The minimum absolute atomic E-state index is 0. The Morgan fingerprint density at radius 3 is 1.71 bits per heavy atom. The van der Waals surface area contributed by atoms with Crippen molar-refractivity contribution in [1.82, 2.24) is 9.97 Å². The maximum atomic E-state index is 3.67. The predicted molar refractivity (Wildman–Crippen MR) is 27.8 cm³/mol. The molecule has 0 atom stereocenters. The van der Waals surface area contributed by atoms with E-state index in [1.807, 2.05) is 0 Å².